The van der Waals surface area contributed by atoms with E-state index in [9.17, 15) is 17.6 Å². The van der Waals surface area contributed by atoms with E-state index in [2.05, 4.69) is 10.2 Å². The molecule has 0 saturated carbocycles. The molecule has 0 bridgehead atoms. The summed E-state index contributed by atoms with van der Waals surface area (Å²) in [4.78, 5) is 4.05. The van der Waals surface area contributed by atoms with Crippen molar-refractivity contribution in [3.8, 4) is 0 Å². The number of nitrogens with zero attached hydrogens (tertiary/aromatic N) is 2. The van der Waals surface area contributed by atoms with Crippen LogP contribution in [0.5, 0.6) is 0 Å². The van der Waals surface area contributed by atoms with E-state index in [-0.39, 0.29) is 0 Å². The highest BCUT2D eigenvalue weighted by molar-refractivity contribution is 5.16. The number of alkyl halides is 4. The number of hydrogen-bond acceptors (Lipinski definition) is 3. The number of benzene rings is 2. The van der Waals surface area contributed by atoms with Gasteiger partial charge in [-0.05, 0) is 30.5 Å². The Labute approximate surface area is 188 Å². The van der Waals surface area contributed by atoms with Gasteiger partial charge in [-0.15, -0.1) is 0 Å². The second-order valence-corrected chi connectivity index (χ2v) is 8.52. The highest BCUT2D eigenvalue weighted by Crippen LogP contribution is 2.21. The molecule has 1 N–H and O–H groups in total. The molecule has 2 aromatic rings. The summed E-state index contributed by atoms with van der Waals surface area (Å²) in [5, 5.41) is 2.94. The fourth-order valence-electron chi connectivity index (χ4n) is 4.24. The molecule has 7 heteroatoms. The maximum Gasteiger partial charge on any atom is 0.255 e. The van der Waals surface area contributed by atoms with Gasteiger partial charge >= 0.3 is 0 Å². The van der Waals surface area contributed by atoms with Gasteiger partial charge in [0.2, 0.25) is 6.43 Å². The van der Waals surface area contributed by atoms with Gasteiger partial charge in [0.1, 0.15) is 0 Å². The third-order valence-corrected chi connectivity index (χ3v) is 6.08. The van der Waals surface area contributed by atoms with Crippen LogP contribution in [0, 0.1) is 5.92 Å². The van der Waals surface area contributed by atoms with E-state index < -0.39 is 24.8 Å². The molecule has 0 amide bonds. The van der Waals surface area contributed by atoms with Crippen LogP contribution in [0.1, 0.15) is 24.0 Å². The number of piperidine rings is 1. The van der Waals surface area contributed by atoms with Gasteiger partial charge in [0.05, 0.1) is 6.04 Å². The lowest BCUT2D eigenvalue weighted by atomic mass is 10.0. The predicted octanol–water partition coefficient (Wildman–Crippen LogP) is 4.89. The Kier molecular flexibility index (Phi) is 9.96. The Balaban J connectivity index is 0.000000269. The molecule has 2 fully saturated rings. The Bertz CT molecular complexity index is 754. The molecular formula is C25H33F4N3. The third kappa shape index (κ3) is 7.87. The second-order valence-electron chi connectivity index (χ2n) is 8.52. The molecule has 176 valence electrons. The standard InChI is InChI=1S/C19H22F2N2.C6H11F2N/c20-19(21)18-15-22(13-16-7-3-1-4-8-16)11-12-23(18)14-17-9-5-2-6-10-17;7-6(8)5-2-1-3-9-4-5/h1-10,18-19H,11-15H2;5-6,9H,1-4H2. The van der Waals surface area contributed by atoms with Crippen molar-refractivity contribution in [1.82, 2.24) is 15.1 Å². The van der Waals surface area contributed by atoms with E-state index in [1.54, 1.807) is 0 Å². The van der Waals surface area contributed by atoms with Crippen LogP contribution in [0.15, 0.2) is 60.7 Å². The van der Waals surface area contributed by atoms with E-state index in [0.29, 0.717) is 32.6 Å². The maximum absolute atomic E-state index is 13.5. The van der Waals surface area contributed by atoms with Crippen LogP contribution in [0.4, 0.5) is 17.6 Å². The van der Waals surface area contributed by atoms with Crippen molar-refractivity contribution in [2.75, 3.05) is 32.7 Å². The number of nitrogens with one attached hydrogen (secondary N) is 1. The van der Waals surface area contributed by atoms with Crippen LogP contribution in [0.25, 0.3) is 0 Å². The minimum absolute atomic E-state index is 0.390. The zero-order valence-corrected chi connectivity index (χ0v) is 18.4. The average Bonchev–Trinajstić information content (AvgIpc) is 2.82. The van der Waals surface area contributed by atoms with E-state index in [0.717, 1.165) is 31.6 Å². The van der Waals surface area contributed by atoms with Crippen molar-refractivity contribution in [3.63, 3.8) is 0 Å². The molecule has 2 atom stereocenters. The summed E-state index contributed by atoms with van der Waals surface area (Å²) in [6.45, 7) is 4.65. The van der Waals surface area contributed by atoms with E-state index in [4.69, 9.17) is 0 Å². The summed E-state index contributed by atoms with van der Waals surface area (Å²) in [5.74, 6) is -0.390. The van der Waals surface area contributed by atoms with Gasteiger partial charge in [-0.1, -0.05) is 60.7 Å². The van der Waals surface area contributed by atoms with Crippen LogP contribution >= 0.6 is 0 Å². The van der Waals surface area contributed by atoms with Gasteiger partial charge in [0.15, 0.2) is 0 Å². The lowest BCUT2D eigenvalue weighted by Crippen LogP contribution is -2.55. The van der Waals surface area contributed by atoms with Gasteiger partial charge in [-0.25, -0.2) is 17.6 Å². The van der Waals surface area contributed by atoms with Gasteiger partial charge in [-0.2, -0.15) is 0 Å². The van der Waals surface area contributed by atoms with Crippen molar-refractivity contribution in [1.29, 1.82) is 0 Å². The second kappa shape index (κ2) is 12.9. The normalized spacial score (nSPS) is 22.6. The summed E-state index contributed by atoms with van der Waals surface area (Å²) >= 11 is 0. The van der Waals surface area contributed by atoms with Crippen LogP contribution in [-0.4, -0.2) is 61.4 Å². The molecule has 2 aromatic carbocycles. The van der Waals surface area contributed by atoms with Crippen molar-refractivity contribution >= 4 is 0 Å². The summed E-state index contributed by atoms with van der Waals surface area (Å²) in [6.07, 6.45) is -2.87. The van der Waals surface area contributed by atoms with Gasteiger partial charge in [-0.3, -0.25) is 9.80 Å². The zero-order chi connectivity index (χ0) is 22.8. The van der Waals surface area contributed by atoms with E-state index in [1.807, 2.05) is 65.6 Å². The molecule has 0 aromatic heterocycles. The number of hydrogen-bond donors (Lipinski definition) is 1. The molecule has 2 heterocycles. The molecule has 2 aliphatic rings. The molecule has 2 unspecified atom stereocenters. The van der Waals surface area contributed by atoms with E-state index >= 15 is 0 Å². The summed E-state index contributed by atoms with van der Waals surface area (Å²) in [5.41, 5.74) is 2.27. The van der Waals surface area contributed by atoms with Crippen molar-refractivity contribution in [2.24, 2.45) is 5.92 Å². The molecule has 2 aliphatic heterocycles. The van der Waals surface area contributed by atoms with Crippen molar-refractivity contribution in [3.05, 3.63) is 71.8 Å². The minimum atomic E-state index is -2.32. The van der Waals surface area contributed by atoms with Gasteiger partial charge in [0.25, 0.3) is 6.43 Å². The fourth-order valence-corrected chi connectivity index (χ4v) is 4.24. The first-order valence-corrected chi connectivity index (χ1v) is 11.3. The van der Waals surface area contributed by atoms with Crippen molar-refractivity contribution in [2.45, 2.75) is 44.8 Å². The third-order valence-electron chi connectivity index (χ3n) is 6.08. The minimum Gasteiger partial charge on any atom is -0.316 e. The van der Waals surface area contributed by atoms with Crippen LogP contribution in [-0.2, 0) is 13.1 Å². The van der Waals surface area contributed by atoms with Crippen LogP contribution < -0.4 is 5.32 Å². The summed E-state index contributed by atoms with van der Waals surface area (Å²) < 4.78 is 50.8. The van der Waals surface area contributed by atoms with Gasteiger partial charge in [0, 0.05) is 45.2 Å². The lowest BCUT2D eigenvalue weighted by molar-refractivity contribution is -0.0300. The molecule has 0 aliphatic carbocycles. The fraction of sp³-hybridized carbons (Fsp3) is 0.520. The lowest BCUT2D eigenvalue weighted by Gasteiger charge is -2.41. The summed E-state index contributed by atoms with van der Waals surface area (Å²) in [7, 11) is 0. The van der Waals surface area contributed by atoms with Crippen LogP contribution in [0.2, 0.25) is 0 Å². The zero-order valence-electron chi connectivity index (χ0n) is 18.4. The Hall–Kier alpha value is -1.96. The molecule has 32 heavy (non-hydrogen) atoms. The molecule has 3 nitrogen and oxygen atoms in total. The first-order chi connectivity index (χ1) is 15.5. The largest absolute Gasteiger partial charge is 0.316 e. The van der Waals surface area contributed by atoms with Gasteiger partial charge < -0.3 is 5.32 Å². The average molecular weight is 452 g/mol. The number of piperazine rings is 1. The Morgan fingerprint density at radius 3 is 1.94 bits per heavy atom. The highest BCUT2D eigenvalue weighted by Gasteiger charge is 2.33. The first-order valence-electron chi connectivity index (χ1n) is 11.3. The number of rotatable bonds is 6. The highest BCUT2D eigenvalue weighted by atomic mass is 19.3. The first kappa shape index (κ1) is 24.7. The molecular weight excluding hydrogens is 418 g/mol. The SMILES string of the molecule is FC(F)C1CCCNC1.FC(F)C1CN(Cc2ccccc2)CCN1Cc1ccccc1. The van der Waals surface area contributed by atoms with E-state index in [1.165, 1.54) is 5.56 Å². The maximum atomic E-state index is 13.5. The van der Waals surface area contributed by atoms with Crippen molar-refractivity contribution < 1.29 is 17.6 Å². The number of halogens is 4. The Morgan fingerprint density at radius 1 is 0.812 bits per heavy atom. The monoisotopic (exact) mass is 451 g/mol. The molecule has 4 rings (SSSR count). The summed E-state index contributed by atoms with van der Waals surface area (Å²) in [6, 6.07) is 19.2. The molecule has 0 radical (unpaired) electrons. The Morgan fingerprint density at radius 2 is 1.44 bits per heavy atom. The molecule has 0 spiro atoms. The predicted molar refractivity (Wildman–Crippen MR) is 120 cm³/mol. The van der Waals surface area contributed by atoms with Crippen LogP contribution in [0.3, 0.4) is 0 Å². The smallest absolute Gasteiger partial charge is 0.255 e. The molecule has 2 saturated heterocycles. The topological polar surface area (TPSA) is 18.5 Å². The quantitative estimate of drug-likeness (QED) is 0.631.